The van der Waals surface area contributed by atoms with Gasteiger partial charge in [-0.25, -0.2) is 8.42 Å². The van der Waals surface area contributed by atoms with Crippen LogP contribution in [0.1, 0.15) is 5.56 Å². The Kier molecular flexibility index (Phi) is 8.60. The number of rotatable bonds is 9. The SMILES string of the molecule is COc1ccc(/C=C/C(=O)NCCS(=O)(=O)N2CCN(c3cccc(Cl)c3)CC2)cc1OC. The Balaban J connectivity index is 1.46. The van der Waals surface area contributed by atoms with Gasteiger partial charge in [0.05, 0.1) is 20.0 Å². The van der Waals surface area contributed by atoms with E-state index in [1.165, 1.54) is 17.5 Å². The fourth-order valence-electron chi connectivity index (χ4n) is 3.52. The standard InChI is InChI=1S/C23H28ClN3O5S/c1-31-21-8-6-18(16-22(21)32-2)7-9-23(28)25-10-15-33(29,30)27-13-11-26(12-14-27)20-5-3-4-19(24)17-20/h3-9,16-17H,10-15H2,1-2H3,(H,25,28)/b9-7+. The molecule has 2 aromatic carbocycles. The molecule has 8 nitrogen and oxygen atoms in total. The minimum atomic E-state index is -3.47. The molecule has 1 heterocycles. The smallest absolute Gasteiger partial charge is 0.244 e. The number of hydrogen-bond donors (Lipinski definition) is 1. The number of sulfonamides is 1. The minimum absolute atomic E-state index is 0.0337. The molecular weight excluding hydrogens is 466 g/mol. The third-order valence-electron chi connectivity index (χ3n) is 5.30. The van der Waals surface area contributed by atoms with Gasteiger partial charge < -0.3 is 19.7 Å². The van der Waals surface area contributed by atoms with E-state index < -0.39 is 10.0 Å². The Labute approximate surface area is 199 Å². The number of halogens is 1. The van der Waals surface area contributed by atoms with Gasteiger partial charge in [-0.2, -0.15) is 4.31 Å². The van der Waals surface area contributed by atoms with E-state index in [-0.39, 0.29) is 18.2 Å². The molecule has 1 amide bonds. The lowest BCUT2D eigenvalue weighted by Gasteiger charge is -2.35. The minimum Gasteiger partial charge on any atom is -0.493 e. The van der Waals surface area contributed by atoms with Gasteiger partial charge in [-0.05, 0) is 42.0 Å². The molecule has 178 valence electrons. The number of anilines is 1. The van der Waals surface area contributed by atoms with Crippen molar-refractivity contribution in [2.24, 2.45) is 0 Å². The Morgan fingerprint density at radius 1 is 1.06 bits per heavy atom. The number of nitrogens with one attached hydrogen (secondary N) is 1. The van der Waals surface area contributed by atoms with Crippen LogP contribution in [0, 0.1) is 0 Å². The van der Waals surface area contributed by atoms with E-state index in [1.807, 2.05) is 24.3 Å². The number of carbonyl (C=O) groups excluding carboxylic acids is 1. The van der Waals surface area contributed by atoms with E-state index in [0.29, 0.717) is 42.7 Å². The van der Waals surface area contributed by atoms with Crippen molar-refractivity contribution in [1.29, 1.82) is 0 Å². The van der Waals surface area contributed by atoms with Gasteiger partial charge in [0.1, 0.15) is 0 Å². The molecule has 0 unspecified atom stereocenters. The molecule has 3 rings (SSSR count). The second-order valence-electron chi connectivity index (χ2n) is 7.42. The van der Waals surface area contributed by atoms with Crippen LogP contribution in [0.2, 0.25) is 5.02 Å². The molecule has 1 aliphatic heterocycles. The molecule has 1 aliphatic rings. The Hall–Kier alpha value is -2.75. The van der Waals surface area contributed by atoms with Crippen molar-refractivity contribution in [3.63, 3.8) is 0 Å². The van der Waals surface area contributed by atoms with Crippen LogP contribution in [0.4, 0.5) is 5.69 Å². The van der Waals surface area contributed by atoms with Crippen molar-refractivity contribution in [1.82, 2.24) is 9.62 Å². The molecule has 2 aromatic rings. The molecular formula is C23H28ClN3O5S. The van der Waals surface area contributed by atoms with Crippen molar-refractivity contribution in [2.75, 3.05) is 57.6 Å². The summed E-state index contributed by atoms with van der Waals surface area (Å²) in [5, 5.41) is 3.28. The number of amides is 1. The zero-order valence-corrected chi connectivity index (χ0v) is 20.2. The molecule has 10 heteroatoms. The van der Waals surface area contributed by atoms with Crippen molar-refractivity contribution in [3.8, 4) is 11.5 Å². The monoisotopic (exact) mass is 493 g/mol. The van der Waals surface area contributed by atoms with E-state index in [1.54, 1.807) is 31.4 Å². The Morgan fingerprint density at radius 3 is 2.45 bits per heavy atom. The summed E-state index contributed by atoms with van der Waals surface area (Å²) in [6.07, 6.45) is 2.98. The van der Waals surface area contributed by atoms with Gasteiger partial charge in [0.2, 0.25) is 15.9 Å². The zero-order chi connectivity index (χ0) is 23.8. The van der Waals surface area contributed by atoms with Crippen LogP contribution in [-0.4, -0.2) is 71.3 Å². The molecule has 0 aromatic heterocycles. The fourth-order valence-corrected chi connectivity index (χ4v) is 5.04. The lowest BCUT2D eigenvalue weighted by atomic mass is 10.2. The number of benzene rings is 2. The maximum atomic E-state index is 12.7. The molecule has 1 N–H and O–H groups in total. The summed E-state index contributed by atoms with van der Waals surface area (Å²) < 4.78 is 37.2. The van der Waals surface area contributed by atoms with Crippen molar-refractivity contribution >= 4 is 39.3 Å². The van der Waals surface area contributed by atoms with Gasteiger partial charge >= 0.3 is 0 Å². The highest BCUT2D eigenvalue weighted by atomic mass is 35.5. The maximum Gasteiger partial charge on any atom is 0.244 e. The van der Waals surface area contributed by atoms with Crippen LogP contribution in [0.5, 0.6) is 11.5 Å². The third-order valence-corrected chi connectivity index (χ3v) is 7.41. The van der Waals surface area contributed by atoms with Gasteiger partial charge in [-0.15, -0.1) is 0 Å². The van der Waals surface area contributed by atoms with E-state index in [4.69, 9.17) is 21.1 Å². The molecule has 0 aliphatic carbocycles. The normalized spacial score (nSPS) is 14.9. The zero-order valence-electron chi connectivity index (χ0n) is 18.7. The lowest BCUT2D eigenvalue weighted by molar-refractivity contribution is -0.116. The molecule has 1 saturated heterocycles. The highest BCUT2D eigenvalue weighted by Gasteiger charge is 2.26. The van der Waals surface area contributed by atoms with Crippen LogP contribution >= 0.6 is 11.6 Å². The van der Waals surface area contributed by atoms with Gasteiger partial charge in [-0.1, -0.05) is 23.7 Å². The van der Waals surface area contributed by atoms with Crippen LogP contribution < -0.4 is 19.7 Å². The predicted octanol–water partition coefficient (Wildman–Crippen LogP) is 2.64. The molecule has 33 heavy (non-hydrogen) atoms. The summed E-state index contributed by atoms with van der Waals surface area (Å²) >= 11 is 6.05. The average molecular weight is 494 g/mol. The van der Waals surface area contributed by atoms with Crippen LogP contribution in [-0.2, 0) is 14.8 Å². The van der Waals surface area contributed by atoms with E-state index in [9.17, 15) is 13.2 Å². The quantitative estimate of drug-likeness (QED) is 0.540. The van der Waals surface area contributed by atoms with Gasteiger partial charge in [0.15, 0.2) is 11.5 Å². The van der Waals surface area contributed by atoms with Gasteiger partial charge in [-0.3, -0.25) is 4.79 Å². The Bertz CT molecular complexity index is 1100. The summed E-state index contributed by atoms with van der Waals surface area (Å²) in [7, 11) is -0.378. The van der Waals surface area contributed by atoms with E-state index in [2.05, 4.69) is 10.2 Å². The number of ether oxygens (including phenoxy) is 2. The number of hydrogen-bond acceptors (Lipinski definition) is 6. The molecule has 0 radical (unpaired) electrons. The highest BCUT2D eigenvalue weighted by Crippen LogP contribution is 2.28. The number of carbonyl (C=O) groups is 1. The first-order valence-electron chi connectivity index (χ1n) is 10.5. The fraction of sp³-hybridized carbons (Fsp3) is 0.348. The van der Waals surface area contributed by atoms with Crippen molar-refractivity contribution in [2.45, 2.75) is 0 Å². The molecule has 0 bridgehead atoms. The van der Waals surface area contributed by atoms with Gasteiger partial charge in [0.25, 0.3) is 0 Å². The van der Waals surface area contributed by atoms with Gasteiger partial charge in [0, 0.05) is 49.5 Å². The van der Waals surface area contributed by atoms with Crippen LogP contribution in [0.15, 0.2) is 48.5 Å². The first-order chi connectivity index (χ1) is 15.8. The maximum absolute atomic E-state index is 12.7. The molecule has 0 atom stereocenters. The molecule has 0 saturated carbocycles. The summed E-state index contributed by atoms with van der Waals surface area (Å²) in [5.74, 6) is 0.630. The molecule has 0 spiro atoms. The summed E-state index contributed by atoms with van der Waals surface area (Å²) in [6, 6.07) is 12.8. The summed E-state index contributed by atoms with van der Waals surface area (Å²) in [6.45, 7) is 1.98. The predicted molar refractivity (Wildman–Crippen MR) is 131 cm³/mol. The topological polar surface area (TPSA) is 88.2 Å². The highest BCUT2D eigenvalue weighted by molar-refractivity contribution is 7.89. The summed E-state index contributed by atoms with van der Waals surface area (Å²) in [5.41, 5.74) is 1.74. The Morgan fingerprint density at radius 2 is 1.79 bits per heavy atom. The largest absolute Gasteiger partial charge is 0.493 e. The number of nitrogens with zero attached hydrogens (tertiary/aromatic N) is 2. The van der Waals surface area contributed by atoms with Crippen LogP contribution in [0.3, 0.4) is 0 Å². The second kappa shape index (κ2) is 11.4. The van der Waals surface area contributed by atoms with E-state index in [0.717, 1.165) is 11.3 Å². The second-order valence-corrected chi connectivity index (χ2v) is 9.95. The van der Waals surface area contributed by atoms with Crippen molar-refractivity contribution < 1.29 is 22.7 Å². The van der Waals surface area contributed by atoms with Crippen LogP contribution in [0.25, 0.3) is 6.08 Å². The van der Waals surface area contributed by atoms with Crippen molar-refractivity contribution in [3.05, 3.63) is 59.1 Å². The first-order valence-corrected chi connectivity index (χ1v) is 12.5. The molecule has 1 fully saturated rings. The third kappa shape index (κ3) is 6.86. The summed E-state index contributed by atoms with van der Waals surface area (Å²) in [4.78, 5) is 14.2. The van der Waals surface area contributed by atoms with E-state index >= 15 is 0 Å². The average Bonchev–Trinajstić information content (AvgIpc) is 2.82. The number of piperazine rings is 1. The number of methoxy groups -OCH3 is 2. The lowest BCUT2D eigenvalue weighted by Crippen LogP contribution is -2.50. The first kappa shape index (κ1) is 24.9.